The van der Waals surface area contributed by atoms with Gasteiger partial charge < -0.3 is 0 Å². The minimum atomic E-state index is 0.0642. The van der Waals surface area contributed by atoms with E-state index in [1.807, 2.05) is 0 Å². The van der Waals surface area contributed by atoms with Gasteiger partial charge in [-0.1, -0.05) is 0 Å². The molecule has 6 fully saturated rings. The van der Waals surface area contributed by atoms with Gasteiger partial charge in [0.25, 0.3) is 0 Å². The molecule has 0 bridgehead atoms. The van der Waals surface area contributed by atoms with Crippen molar-refractivity contribution in [3.05, 3.63) is 0 Å². The summed E-state index contributed by atoms with van der Waals surface area (Å²) in [5, 5.41) is 8.72. The molecule has 0 saturated heterocycles. The van der Waals surface area contributed by atoms with Crippen LogP contribution in [0.3, 0.4) is 0 Å². The Morgan fingerprint density at radius 3 is 1.70 bits per heavy atom. The van der Waals surface area contributed by atoms with Gasteiger partial charge >= 0.3 is 0 Å². The average molecular weight is 136 g/mol. The summed E-state index contributed by atoms with van der Waals surface area (Å²) in [5.74, 6) is 6.65. The van der Waals surface area contributed by atoms with E-state index in [1.165, 1.54) is 0 Å². The van der Waals surface area contributed by atoms with E-state index in [0.29, 0.717) is 0 Å². The molecule has 0 heterocycles. The van der Waals surface area contributed by atoms with Crippen LogP contribution in [0.2, 0.25) is 0 Å². The summed E-state index contributed by atoms with van der Waals surface area (Å²) in [6.45, 7) is 0. The van der Waals surface area contributed by atoms with Crippen molar-refractivity contribution in [2.45, 2.75) is 5.60 Å². The summed E-state index contributed by atoms with van der Waals surface area (Å²) in [6, 6.07) is 0. The van der Waals surface area contributed by atoms with Crippen LogP contribution in [0, 0.1) is 41.4 Å². The second-order valence-electron chi connectivity index (χ2n) is 4.83. The van der Waals surface area contributed by atoms with Crippen LogP contribution in [0.25, 0.3) is 0 Å². The molecule has 2 heteroatoms. The molecule has 0 amide bonds. The van der Waals surface area contributed by atoms with Gasteiger partial charge in [0, 0.05) is 0 Å². The predicted molar refractivity (Wildman–Crippen MR) is 30.9 cm³/mol. The zero-order valence-corrected chi connectivity index (χ0v) is 5.40. The van der Waals surface area contributed by atoms with Crippen LogP contribution in [0.1, 0.15) is 0 Å². The maximum atomic E-state index is 8.72. The highest BCUT2D eigenvalue weighted by Crippen LogP contribution is 3.02. The summed E-state index contributed by atoms with van der Waals surface area (Å²) in [4.78, 5) is 4.65. The Balaban J connectivity index is 1.79. The van der Waals surface area contributed by atoms with Crippen LogP contribution in [0.4, 0.5) is 0 Å². The molecule has 52 valence electrons. The normalized spacial score (nSPS) is 96.3. The van der Waals surface area contributed by atoms with E-state index in [-0.39, 0.29) is 5.60 Å². The third-order valence-electron chi connectivity index (χ3n) is 5.54. The van der Waals surface area contributed by atoms with Gasteiger partial charge in [-0.15, -0.1) is 0 Å². The quantitative estimate of drug-likeness (QED) is 0.422. The predicted octanol–water partition coefficient (Wildman–Crippen LogP) is 0.596. The molecule has 0 radical (unpaired) electrons. The lowest BCUT2D eigenvalue weighted by Crippen LogP contribution is -3.09. The standard InChI is InChI=1S/C8H8O2/c9-10-8-5-2-1-3(5)7(8)4(1)6(2)8/h1-7,9H. The molecular weight excluding hydrogens is 128 g/mol. The zero-order valence-electron chi connectivity index (χ0n) is 5.40. The van der Waals surface area contributed by atoms with Crippen molar-refractivity contribution < 1.29 is 10.1 Å². The van der Waals surface area contributed by atoms with Crippen LogP contribution in [0.15, 0.2) is 0 Å². The van der Waals surface area contributed by atoms with Crippen LogP contribution >= 0.6 is 0 Å². The number of rotatable bonds is 1. The van der Waals surface area contributed by atoms with Crippen LogP contribution in [-0.4, -0.2) is 10.9 Å². The lowest BCUT2D eigenvalue weighted by atomic mass is 8.99. The lowest BCUT2D eigenvalue weighted by Gasteiger charge is -3.05. The molecule has 6 aliphatic carbocycles. The number of hydrogen-bond acceptors (Lipinski definition) is 2. The second kappa shape index (κ2) is 0.718. The monoisotopic (exact) mass is 136 g/mol. The minimum Gasteiger partial charge on any atom is -0.251 e. The van der Waals surface area contributed by atoms with Crippen molar-refractivity contribution in [3.63, 3.8) is 0 Å². The minimum absolute atomic E-state index is 0.0642. The molecule has 0 spiro atoms. The first-order chi connectivity index (χ1) is 4.93. The molecule has 0 aromatic carbocycles. The van der Waals surface area contributed by atoms with E-state index in [0.717, 1.165) is 41.4 Å². The van der Waals surface area contributed by atoms with E-state index in [2.05, 4.69) is 4.89 Å². The molecule has 0 atom stereocenters. The van der Waals surface area contributed by atoms with Gasteiger partial charge in [-0.2, -0.15) is 0 Å². The van der Waals surface area contributed by atoms with E-state index in [1.54, 1.807) is 0 Å². The molecule has 6 aliphatic rings. The van der Waals surface area contributed by atoms with Crippen molar-refractivity contribution in [1.29, 1.82) is 0 Å². The smallest absolute Gasteiger partial charge is 0.113 e. The maximum Gasteiger partial charge on any atom is 0.113 e. The maximum absolute atomic E-state index is 8.72. The molecule has 0 aromatic heterocycles. The molecule has 0 unspecified atom stereocenters. The molecule has 6 rings (SSSR count). The van der Waals surface area contributed by atoms with Gasteiger partial charge in [0.15, 0.2) is 0 Å². The summed E-state index contributed by atoms with van der Waals surface area (Å²) in [5.41, 5.74) is 0.0642. The largest absolute Gasteiger partial charge is 0.251 e. The van der Waals surface area contributed by atoms with Gasteiger partial charge in [-0.05, 0) is 41.4 Å². The van der Waals surface area contributed by atoms with Gasteiger partial charge in [0.1, 0.15) is 5.60 Å². The molecular formula is C8H8O2. The topological polar surface area (TPSA) is 29.5 Å². The highest BCUT2D eigenvalue weighted by Gasteiger charge is 3.06. The third kappa shape index (κ3) is 0.117. The Labute approximate surface area is 58.1 Å². The molecule has 1 N–H and O–H groups in total. The second-order valence-corrected chi connectivity index (χ2v) is 4.83. The van der Waals surface area contributed by atoms with Crippen LogP contribution < -0.4 is 0 Å². The Kier molecular flexibility index (Phi) is 0.292. The van der Waals surface area contributed by atoms with Crippen molar-refractivity contribution >= 4 is 0 Å². The van der Waals surface area contributed by atoms with Crippen molar-refractivity contribution in [2.24, 2.45) is 41.4 Å². The van der Waals surface area contributed by atoms with Crippen molar-refractivity contribution in [3.8, 4) is 0 Å². The van der Waals surface area contributed by atoms with Crippen molar-refractivity contribution in [2.75, 3.05) is 0 Å². The van der Waals surface area contributed by atoms with E-state index in [9.17, 15) is 0 Å². The Morgan fingerprint density at radius 1 is 0.900 bits per heavy atom. The van der Waals surface area contributed by atoms with Gasteiger partial charge in [-0.3, -0.25) is 5.26 Å². The fourth-order valence-electron chi connectivity index (χ4n) is 5.51. The Hall–Kier alpha value is -0.0800. The summed E-state index contributed by atoms with van der Waals surface area (Å²) in [7, 11) is 0. The molecule has 6 saturated carbocycles. The summed E-state index contributed by atoms with van der Waals surface area (Å²) < 4.78 is 0. The first kappa shape index (κ1) is 4.07. The molecule has 10 heavy (non-hydrogen) atoms. The zero-order chi connectivity index (χ0) is 6.25. The first-order valence-electron chi connectivity index (χ1n) is 4.25. The van der Waals surface area contributed by atoms with E-state index < -0.39 is 0 Å². The first-order valence-corrected chi connectivity index (χ1v) is 4.25. The van der Waals surface area contributed by atoms with Gasteiger partial charge in [-0.25, -0.2) is 4.89 Å². The molecule has 2 nitrogen and oxygen atoms in total. The number of hydrogen-bond donors (Lipinski definition) is 1. The highest BCUT2D eigenvalue weighted by molar-refractivity contribution is 5.52. The third-order valence-corrected chi connectivity index (χ3v) is 5.54. The average Bonchev–Trinajstić information content (AvgIpc) is 2.05. The SMILES string of the molecule is OOC12C3C4C5C3C1C5C42. The van der Waals surface area contributed by atoms with Gasteiger partial charge in [0.05, 0.1) is 0 Å². The van der Waals surface area contributed by atoms with Crippen LogP contribution in [0.5, 0.6) is 0 Å². The summed E-state index contributed by atoms with van der Waals surface area (Å²) >= 11 is 0. The fourth-order valence-corrected chi connectivity index (χ4v) is 5.51. The Bertz CT molecular complexity index is 222. The Morgan fingerprint density at radius 2 is 1.40 bits per heavy atom. The lowest BCUT2D eigenvalue weighted by molar-refractivity contribution is -0.662. The molecule has 0 aliphatic heterocycles. The van der Waals surface area contributed by atoms with Crippen molar-refractivity contribution in [1.82, 2.24) is 0 Å². The molecule has 0 aromatic rings. The fraction of sp³-hybridized carbons (Fsp3) is 1.00. The van der Waals surface area contributed by atoms with Gasteiger partial charge in [0.2, 0.25) is 0 Å². The highest BCUT2D eigenvalue weighted by atomic mass is 17.1. The van der Waals surface area contributed by atoms with E-state index >= 15 is 0 Å². The van der Waals surface area contributed by atoms with E-state index in [4.69, 9.17) is 5.26 Å². The summed E-state index contributed by atoms with van der Waals surface area (Å²) in [6.07, 6.45) is 0. The van der Waals surface area contributed by atoms with Crippen LogP contribution in [-0.2, 0) is 4.89 Å².